The third kappa shape index (κ3) is 6.82. The molecule has 0 saturated carbocycles. The number of aryl methyl sites for hydroxylation is 1. The summed E-state index contributed by atoms with van der Waals surface area (Å²) in [5, 5.41) is 17.8. The highest BCUT2D eigenvalue weighted by Gasteiger charge is 2.42. The van der Waals surface area contributed by atoms with Crippen LogP contribution in [-0.2, 0) is 17.3 Å². The van der Waals surface area contributed by atoms with Crippen LogP contribution < -0.4 is 5.73 Å². The monoisotopic (exact) mass is 499 g/mol. The first kappa shape index (κ1) is 28.0. The van der Waals surface area contributed by atoms with E-state index in [1.165, 1.54) is 47.1 Å². The molecule has 4 rings (SSSR count). The molecule has 0 saturated heterocycles. The zero-order chi connectivity index (χ0) is 27.4. The number of carboxylic acids is 1. The van der Waals surface area contributed by atoms with E-state index in [9.17, 15) is 4.79 Å². The van der Waals surface area contributed by atoms with Gasteiger partial charge in [0, 0.05) is 5.69 Å². The van der Waals surface area contributed by atoms with Gasteiger partial charge in [-0.15, -0.1) is 0 Å². The molecule has 0 fully saturated rings. The molecule has 1 aliphatic rings. The lowest BCUT2D eigenvalue weighted by Crippen LogP contribution is -2.18. The number of carboxylic acid groups (broad SMARTS) is 1. The van der Waals surface area contributed by atoms with E-state index in [-0.39, 0.29) is 16.6 Å². The van der Waals surface area contributed by atoms with Crippen LogP contribution in [0, 0.1) is 0 Å². The lowest BCUT2D eigenvalue weighted by Gasteiger charge is -2.22. The Kier molecular flexibility index (Phi) is 8.53. The number of fused-ring (bicyclic) bond motifs is 1. The number of aromatic carboxylic acids is 1. The van der Waals surface area contributed by atoms with Crippen molar-refractivity contribution >= 4 is 23.3 Å². The molecule has 4 N–H and O–H groups in total. The van der Waals surface area contributed by atoms with Crippen molar-refractivity contribution in [3.05, 3.63) is 94.0 Å². The topological polar surface area (TPSA) is 83.5 Å². The van der Waals surface area contributed by atoms with E-state index in [0.29, 0.717) is 11.3 Å². The van der Waals surface area contributed by atoms with Gasteiger partial charge in [0.05, 0.1) is 5.56 Å². The van der Waals surface area contributed by atoms with Crippen LogP contribution in [0.3, 0.4) is 0 Å². The summed E-state index contributed by atoms with van der Waals surface area (Å²) in [4.78, 5) is 11.1. The van der Waals surface area contributed by atoms with E-state index >= 15 is 0 Å². The Balaban J connectivity index is 0.000000405. The number of unbranched alkanes of at least 4 members (excludes halogenated alkanes) is 1. The molecule has 0 aliphatic heterocycles. The van der Waals surface area contributed by atoms with Gasteiger partial charge >= 0.3 is 5.97 Å². The standard InChI is InChI=1S/C27H34O2.C6H7NO/c1-7-8-9-21-15-23-24(27(5,6)17-26(23,3)4)16-22(21)18(2)14-19-10-12-20(13-11-19)25(28)29;7-5-1-3-6(8)4-2-5/h10-16H,7-9,17H2,1-6H3,(H,28,29);1-4,8H,7H2/b18-14+;. The lowest BCUT2D eigenvalue weighted by atomic mass is 9.82. The van der Waals surface area contributed by atoms with Crippen molar-refractivity contribution in [2.45, 2.75) is 78.1 Å². The molecule has 0 radical (unpaired) electrons. The molecule has 0 aromatic heterocycles. The van der Waals surface area contributed by atoms with E-state index in [1.807, 2.05) is 12.1 Å². The Bertz CT molecular complexity index is 1250. The minimum atomic E-state index is -0.887. The second-order valence-electron chi connectivity index (χ2n) is 11.4. The van der Waals surface area contributed by atoms with Gasteiger partial charge in [-0.1, -0.05) is 71.4 Å². The summed E-state index contributed by atoms with van der Waals surface area (Å²) in [5.74, 6) is -0.637. The highest BCUT2D eigenvalue weighted by molar-refractivity contribution is 5.88. The predicted molar refractivity (Wildman–Crippen MR) is 155 cm³/mol. The predicted octanol–water partition coefficient (Wildman–Crippen LogP) is 8.22. The van der Waals surface area contributed by atoms with Crippen LogP contribution in [0.15, 0.2) is 60.7 Å². The van der Waals surface area contributed by atoms with Gasteiger partial charge in [0.1, 0.15) is 5.75 Å². The number of nitrogen functional groups attached to an aromatic ring is 1. The lowest BCUT2D eigenvalue weighted by molar-refractivity contribution is 0.0697. The Morgan fingerprint density at radius 2 is 1.51 bits per heavy atom. The molecular formula is C33H41NO3. The van der Waals surface area contributed by atoms with Crippen LogP contribution in [0.2, 0.25) is 0 Å². The van der Waals surface area contributed by atoms with Crippen LogP contribution in [0.5, 0.6) is 5.75 Å². The number of aromatic hydroxyl groups is 1. The first-order chi connectivity index (χ1) is 17.3. The van der Waals surface area contributed by atoms with E-state index in [0.717, 1.165) is 12.0 Å². The average Bonchev–Trinajstić information content (AvgIpc) is 3.02. The molecule has 0 bridgehead atoms. The van der Waals surface area contributed by atoms with Crippen molar-refractivity contribution < 1.29 is 15.0 Å². The third-order valence-corrected chi connectivity index (χ3v) is 7.24. The molecule has 3 aromatic carbocycles. The van der Waals surface area contributed by atoms with Gasteiger partial charge in [0.2, 0.25) is 0 Å². The second kappa shape index (κ2) is 11.2. The number of allylic oxidation sites excluding steroid dienone is 1. The Morgan fingerprint density at radius 3 is 2.03 bits per heavy atom. The van der Waals surface area contributed by atoms with Gasteiger partial charge in [0.25, 0.3) is 0 Å². The highest BCUT2D eigenvalue weighted by atomic mass is 16.4. The van der Waals surface area contributed by atoms with Crippen molar-refractivity contribution in [3.8, 4) is 5.75 Å². The molecule has 4 nitrogen and oxygen atoms in total. The Labute approximate surface area is 221 Å². The maximum atomic E-state index is 11.1. The fourth-order valence-corrected chi connectivity index (χ4v) is 5.52. The molecule has 0 heterocycles. The second-order valence-corrected chi connectivity index (χ2v) is 11.4. The van der Waals surface area contributed by atoms with Gasteiger partial charge in [-0.25, -0.2) is 4.79 Å². The van der Waals surface area contributed by atoms with Crippen molar-refractivity contribution in [1.29, 1.82) is 0 Å². The molecule has 37 heavy (non-hydrogen) atoms. The number of phenols is 1. The summed E-state index contributed by atoms with van der Waals surface area (Å²) in [6.07, 6.45) is 6.82. The number of benzene rings is 3. The van der Waals surface area contributed by atoms with Gasteiger partial charge in [-0.05, 0) is 107 Å². The summed E-state index contributed by atoms with van der Waals surface area (Å²) < 4.78 is 0. The summed E-state index contributed by atoms with van der Waals surface area (Å²) in [7, 11) is 0. The maximum Gasteiger partial charge on any atom is 0.335 e. The zero-order valence-corrected chi connectivity index (χ0v) is 23.1. The summed E-state index contributed by atoms with van der Waals surface area (Å²) >= 11 is 0. The molecule has 196 valence electrons. The van der Waals surface area contributed by atoms with Crippen molar-refractivity contribution in [1.82, 2.24) is 0 Å². The van der Waals surface area contributed by atoms with Gasteiger partial charge in [-0.2, -0.15) is 0 Å². The third-order valence-electron chi connectivity index (χ3n) is 7.24. The number of hydrogen-bond donors (Lipinski definition) is 3. The fourth-order valence-electron chi connectivity index (χ4n) is 5.52. The number of anilines is 1. The normalized spacial score (nSPS) is 15.5. The molecule has 0 amide bonds. The van der Waals surface area contributed by atoms with Crippen molar-refractivity contribution in [3.63, 3.8) is 0 Å². The molecule has 4 heteroatoms. The number of hydrogen-bond acceptors (Lipinski definition) is 3. The van der Waals surface area contributed by atoms with Gasteiger partial charge in [0.15, 0.2) is 0 Å². The van der Waals surface area contributed by atoms with Crippen LogP contribution >= 0.6 is 0 Å². The molecule has 3 aromatic rings. The quantitative estimate of drug-likeness (QED) is 0.181. The first-order valence-corrected chi connectivity index (χ1v) is 13.1. The minimum absolute atomic E-state index is 0.181. The zero-order valence-electron chi connectivity index (χ0n) is 23.1. The smallest absolute Gasteiger partial charge is 0.335 e. The molecular weight excluding hydrogens is 458 g/mol. The fraction of sp³-hybridized carbons (Fsp3) is 0.364. The first-order valence-electron chi connectivity index (χ1n) is 13.1. The van der Waals surface area contributed by atoms with E-state index in [1.54, 1.807) is 36.4 Å². The van der Waals surface area contributed by atoms with Crippen LogP contribution in [0.4, 0.5) is 5.69 Å². The van der Waals surface area contributed by atoms with Crippen molar-refractivity contribution in [2.75, 3.05) is 5.73 Å². The average molecular weight is 500 g/mol. The molecule has 0 atom stereocenters. The summed E-state index contributed by atoms with van der Waals surface area (Å²) in [6.45, 7) is 13.9. The van der Waals surface area contributed by atoms with Gasteiger partial charge < -0.3 is 15.9 Å². The SMILES string of the molecule is CCCCc1cc2c(cc1/C(C)=C/c1ccc(C(=O)O)cc1)C(C)(C)CC2(C)C.Nc1ccc(O)cc1. The summed E-state index contributed by atoms with van der Waals surface area (Å²) in [5.41, 5.74) is 14.7. The number of phenolic OH excluding ortho intramolecular Hbond substituents is 1. The Morgan fingerprint density at radius 1 is 0.946 bits per heavy atom. The number of carbonyl (C=O) groups is 1. The number of nitrogens with two attached hydrogens (primary N) is 1. The molecule has 0 spiro atoms. The van der Waals surface area contributed by atoms with Crippen LogP contribution in [0.25, 0.3) is 11.6 Å². The van der Waals surface area contributed by atoms with Crippen LogP contribution in [0.1, 0.15) is 99.0 Å². The maximum absolute atomic E-state index is 11.1. The molecule has 1 aliphatic carbocycles. The van der Waals surface area contributed by atoms with E-state index in [4.69, 9.17) is 15.9 Å². The minimum Gasteiger partial charge on any atom is -0.508 e. The molecule has 0 unspecified atom stereocenters. The summed E-state index contributed by atoms with van der Waals surface area (Å²) in [6, 6.07) is 18.4. The van der Waals surface area contributed by atoms with E-state index < -0.39 is 5.97 Å². The Hall–Kier alpha value is -3.53. The van der Waals surface area contributed by atoms with E-state index in [2.05, 4.69) is 59.8 Å². The number of rotatable bonds is 6. The van der Waals surface area contributed by atoms with Crippen molar-refractivity contribution in [2.24, 2.45) is 0 Å². The highest BCUT2D eigenvalue weighted by Crippen LogP contribution is 2.50. The largest absolute Gasteiger partial charge is 0.508 e. The van der Waals surface area contributed by atoms with Crippen LogP contribution in [-0.4, -0.2) is 16.2 Å². The van der Waals surface area contributed by atoms with Gasteiger partial charge in [-0.3, -0.25) is 0 Å².